The van der Waals surface area contributed by atoms with Crippen molar-refractivity contribution in [1.29, 1.82) is 0 Å². The number of hydrogen-bond donors (Lipinski definition) is 2. The summed E-state index contributed by atoms with van der Waals surface area (Å²) in [6.45, 7) is 1.46. The zero-order valence-electron chi connectivity index (χ0n) is 9.53. The number of piperidine rings is 1. The van der Waals surface area contributed by atoms with Gasteiger partial charge in [0.15, 0.2) is 5.78 Å². The molecule has 2 unspecified atom stereocenters. The molecule has 0 aliphatic carbocycles. The number of aromatic nitrogens is 1. The molecule has 0 radical (unpaired) electrons. The summed E-state index contributed by atoms with van der Waals surface area (Å²) in [6, 6.07) is 3.26. The first kappa shape index (κ1) is 12.5. The fourth-order valence-electron chi connectivity index (χ4n) is 2.17. The third-order valence-corrected chi connectivity index (χ3v) is 3.49. The van der Waals surface area contributed by atoms with Gasteiger partial charge < -0.3 is 11.1 Å². The highest BCUT2D eigenvalue weighted by Crippen LogP contribution is 2.20. The summed E-state index contributed by atoms with van der Waals surface area (Å²) in [5.74, 6) is 0.432. The molecule has 2 atom stereocenters. The van der Waals surface area contributed by atoms with Crippen molar-refractivity contribution in [3.8, 4) is 0 Å². The monoisotopic (exact) mass is 253 g/mol. The van der Waals surface area contributed by atoms with Crippen LogP contribution in [0.1, 0.15) is 23.2 Å². The fourth-order valence-corrected chi connectivity index (χ4v) is 2.38. The SMILES string of the molecule is NCC1CCNC(C(=O)c2cccnc2Cl)C1. The van der Waals surface area contributed by atoms with Gasteiger partial charge in [0.1, 0.15) is 5.15 Å². The fraction of sp³-hybridized carbons (Fsp3) is 0.500. The van der Waals surface area contributed by atoms with Crippen molar-refractivity contribution in [2.24, 2.45) is 11.7 Å². The van der Waals surface area contributed by atoms with Crippen LogP contribution in [0.3, 0.4) is 0 Å². The molecule has 2 heterocycles. The van der Waals surface area contributed by atoms with Crippen LogP contribution in [0, 0.1) is 5.92 Å². The van der Waals surface area contributed by atoms with Gasteiger partial charge in [-0.3, -0.25) is 4.79 Å². The molecular weight excluding hydrogens is 238 g/mol. The number of rotatable bonds is 3. The lowest BCUT2D eigenvalue weighted by atomic mass is 9.89. The Bertz CT molecular complexity index is 410. The summed E-state index contributed by atoms with van der Waals surface area (Å²) in [5.41, 5.74) is 6.15. The minimum atomic E-state index is -0.181. The number of carbonyl (C=O) groups excluding carboxylic acids is 1. The second-order valence-electron chi connectivity index (χ2n) is 4.34. The maximum atomic E-state index is 12.3. The second kappa shape index (κ2) is 5.58. The van der Waals surface area contributed by atoms with Crippen molar-refractivity contribution in [1.82, 2.24) is 10.3 Å². The Morgan fingerprint density at radius 2 is 2.47 bits per heavy atom. The lowest BCUT2D eigenvalue weighted by Crippen LogP contribution is -2.45. The average Bonchev–Trinajstić information content (AvgIpc) is 2.38. The molecular formula is C12H16ClN3O. The van der Waals surface area contributed by atoms with E-state index in [0.717, 1.165) is 19.4 Å². The molecule has 1 aliphatic heterocycles. The highest BCUT2D eigenvalue weighted by atomic mass is 35.5. The first-order chi connectivity index (χ1) is 8.22. The molecule has 2 rings (SSSR count). The smallest absolute Gasteiger partial charge is 0.182 e. The maximum absolute atomic E-state index is 12.3. The first-order valence-corrected chi connectivity index (χ1v) is 6.18. The molecule has 0 aromatic carbocycles. The molecule has 5 heteroatoms. The number of halogens is 1. The van der Waals surface area contributed by atoms with Crippen molar-refractivity contribution < 1.29 is 4.79 Å². The second-order valence-corrected chi connectivity index (χ2v) is 4.70. The quantitative estimate of drug-likeness (QED) is 0.628. The number of carbonyl (C=O) groups is 1. The molecule has 4 nitrogen and oxygen atoms in total. The molecule has 0 bridgehead atoms. The molecule has 1 aromatic heterocycles. The lowest BCUT2D eigenvalue weighted by Gasteiger charge is -2.28. The molecule has 1 aliphatic rings. The zero-order valence-corrected chi connectivity index (χ0v) is 10.3. The van der Waals surface area contributed by atoms with Crippen molar-refractivity contribution in [2.75, 3.05) is 13.1 Å². The zero-order chi connectivity index (χ0) is 12.3. The van der Waals surface area contributed by atoms with Gasteiger partial charge in [0.2, 0.25) is 0 Å². The van der Waals surface area contributed by atoms with Crippen LogP contribution in [-0.2, 0) is 0 Å². The van der Waals surface area contributed by atoms with Gasteiger partial charge in [-0.15, -0.1) is 0 Å². The van der Waals surface area contributed by atoms with E-state index in [1.165, 1.54) is 0 Å². The van der Waals surface area contributed by atoms with Crippen LogP contribution < -0.4 is 11.1 Å². The van der Waals surface area contributed by atoms with Gasteiger partial charge in [-0.25, -0.2) is 4.98 Å². The van der Waals surface area contributed by atoms with Crippen molar-refractivity contribution in [2.45, 2.75) is 18.9 Å². The molecule has 92 valence electrons. The highest BCUT2D eigenvalue weighted by Gasteiger charge is 2.28. The number of pyridine rings is 1. The van der Waals surface area contributed by atoms with E-state index in [9.17, 15) is 4.79 Å². The number of Topliss-reactive ketones (excluding diaryl/α,β-unsaturated/α-hetero) is 1. The molecule has 0 saturated carbocycles. The standard InChI is InChI=1S/C12H16ClN3O/c13-12-9(2-1-4-16-12)11(17)10-6-8(7-14)3-5-15-10/h1-2,4,8,10,15H,3,5-7,14H2. The molecule has 0 amide bonds. The predicted octanol–water partition coefficient (Wildman–Crippen LogP) is 1.24. The Morgan fingerprint density at radius 1 is 1.65 bits per heavy atom. The molecule has 3 N–H and O–H groups in total. The van der Waals surface area contributed by atoms with Gasteiger partial charge in [0, 0.05) is 6.20 Å². The predicted molar refractivity (Wildman–Crippen MR) is 67.1 cm³/mol. The summed E-state index contributed by atoms with van der Waals surface area (Å²) in [5, 5.41) is 3.49. The van der Waals surface area contributed by atoms with Crippen LogP contribution in [0.25, 0.3) is 0 Å². The van der Waals surface area contributed by atoms with Crippen molar-refractivity contribution >= 4 is 17.4 Å². The van der Waals surface area contributed by atoms with Gasteiger partial charge in [0.05, 0.1) is 11.6 Å². The molecule has 1 aromatic rings. The Hall–Kier alpha value is -0.970. The average molecular weight is 254 g/mol. The van der Waals surface area contributed by atoms with Crippen LogP contribution in [0.2, 0.25) is 5.15 Å². The summed E-state index contributed by atoms with van der Waals surface area (Å²) in [7, 11) is 0. The molecule has 1 fully saturated rings. The minimum absolute atomic E-state index is 0.0150. The van der Waals surface area contributed by atoms with Gasteiger partial charge in [0.25, 0.3) is 0 Å². The maximum Gasteiger partial charge on any atom is 0.182 e. The van der Waals surface area contributed by atoms with Crippen LogP contribution in [0.4, 0.5) is 0 Å². The van der Waals surface area contributed by atoms with Crippen LogP contribution >= 0.6 is 11.6 Å². The Labute approximate surface area is 106 Å². The number of hydrogen-bond acceptors (Lipinski definition) is 4. The molecule has 17 heavy (non-hydrogen) atoms. The van der Waals surface area contributed by atoms with Crippen molar-refractivity contribution in [3.05, 3.63) is 29.0 Å². The lowest BCUT2D eigenvalue weighted by molar-refractivity contribution is 0.0910. The summed E-state index contributed by atoms with van der Waals surface area (Å²) in [6.07, 6.45) is 3.39. The number of nitrogens with zero attached hydrogens (tertiary/aromatic N) is 1. The molecule has 0 spiro atoms. The van der Waals surface area contributed by atoms with E-state index in [2.05, 4.69) is 10.3 Å². The van der Waals surface area contributed by atoms with Gasteiger partial charge in [-0.2, -0.15) is 0 Å². The highest BCUT2D eigenvalue weighted by molar-refractivity contribution is 6.33. The third kappa shape index (κ3) is 2.83. The first-order valence-electron chi connectivity index (χ1n) is 5.80. The van der Waals surface area contributed by atoms with Gasteiger partial charge >= 0.3 is 0 Å². The third-order valence-electron chi connectivity index (χ3n) is 3.19. The summed E-state index contributed by atoms with van der Waals surface area (Å²) in [4.78, 5) is 16.2. The summed E-state index contributed by atoms with van der Waals surface area (Å²) < 4.78 is 0. The van der Waals surface area contributed by atoms with E-state index in [-0.39, 0.29) is 17.0 Å². The Kier molecular flexibility index (Phi) is 4.10. The number of nitrogens with two attached hydrogens (primary N) is 1. The van der Waals surface area contributed by atoms with E-state index in [1.54, 1.807) is 18.3 Å². The Balaban J connectivity index is 2.12. The summed E-state index contributed by atoms with van der Waals surface area (Å²) >= 11 is 5.92. The van der Waals surface area contributed by atoms with E-state index < -0.39 is 0 Å². The van der Waals surface area contributed by atoms with Crippen molar-refractivity contribution in [3.63, 3.8) is 0 Å². The number of nitrogens with one attached hydrogen (secondary N) is 1. The largest absolute Gasteiger partial charge is 0.330 e. The van der Waals surface area contributed by atoms with Gasteiger partial charge in [-0.1, -0.05) is 11.6 Å². The Morgan fingerprint density at radius 3 is 3.18 bits per heavy atom. The topological polar surface area (TPSA) is 68.0 Å². The normalized spacial score (nSPS) is 24.6. The number of ketones is 1. The van der Waals surface area contributed by atoms with Crippen LogP contribution in [-0.4, -0.2) is 29.9 Å². The van der Waals surface area contributed by atoms with E-state index >= 15 is 0 Å². The van der Waals surface area contributed by atoms with E-state index in [4.69, 9.17) is 17.3 Å². The van der Waals surface area contributed by atoms with E-state index in [1.807, 2.05) is 0 Å². The van der Waals surface area contributed by atoms with E-state index in [0.29, 0.717) is 18.0 Å². The molecule has 1 saturated heterocycles. The van der Waals surface area contributed by atoms with Gasteiger partial charge in [-0.05, 0) is 44.0 Å². The minimum Gasteiger partial charge on any atom is -0.330 e. The van der Waals surface area contributed by atoms with Crippen LogP contribution in [0.15, 0.2) is 18.3 Å². The van der Waals surface area contributed by atoms with Crippen LogP contribution in [0.5, 0.6) is 0 Å².